The molecule has 0 amide bonds. The molecule has 2 N–H and O–H groups in total. The van der Waals surface area contributed by atoms with E-state index < -0.39 is 0 Å². The molecule has 0 bridgehead atoms. The van der Waals surface area contributed by atoms with E-state index in [1.165, 1.54) is 25.9 Å². The van der Waals surface area contributed by atoms with Crippen molar-refractivity contribution in [2.45, 2.75) is 19.8 Å². The highest BCUT2D eigenvalue weighted by Crippen LogP contribution is 2.35. The molecule has 3 heterocycles. The van der Waals surface area contributed by atoms with Crippen molar-refractivity contribution in [3.8, 4) is 17.2 Å². The fraction of sp³-hybridized carbons (Fsp3) is 0.333. The zero-order valence-electron chi connectivity index (χ0n) is 18.1. The number of aryl methyl sites for hydroxylation is 1. The molecule has 2 aliphatic rings. The van der Waals surface area contributed by atoms with Gasteiger partial charge in [-0.3, -0.25) is 4.90 Å². The van der Waals surface area contributed by atoms with Gasteiger partial charge in [0.05, 0.1) is 0 Å². The summed E-state index contributed by atoms with van der Waals surface area (Å²) in [6, 6.07) is 13.6. The summed E-state index contributed by atoms with van der Waals surface area (Å²) in [7, 11) is 0. The Morgan fingerprint density at radius 2 is 1.75 bits per heavy atom. The van der Waals surface area contributed by atoms with Gasteiger partial charge >= 0.3 is 0 Å². The number of anilines is 4. The third-order valence-corrected chi connectivity index (χ3v) is 5.59. The monoisotopic (exact) mass is 433 g/mol. The maximum Gasteiger partial charge on any atom is 0.231 e. The van der Waals surface area contributed by atoms with Gasteiger partial charge < -0.3 is 24.8 Å². The zero-order chi connectivity index (χ0) is 21.8. The standard InChI is InChI=1S/C24H27N5O3/c1-17-15-25-24(28-23(17)26-19-6-9-21-22(14-19)32-16-31-21)27-18-4-7-20(8-5-18)30-13-12-29-10-2-3-11-29/h4-9,14-15H,2-3,10-13,16H2,1H3,(H2,25,26,27,28). The quantitative estimate of drug-likeness (QED) is 0.538. The van der Waals surface area contributed by atoms with Gasteiger partial charge in [0.1, 0.15) is 18.2 Å². The molecular formula is C24H27N5O3. The number of nitrogens with zero attached hydrogens (tertiary/aromatic N) is 3. The molecule has 0 unspecified atom stereocenters. The van der Waals surface area contributed by atoms with Crippen LogP contribution in [0.2, 0.25) is 0 Å². The summed E-state index contributed by atoms with van der Waals surface area (Å²) in [5.41, 5.74) is 2.71. The Hall–Kier alpha value is -3.52. The summed E-state index contributed by atoms with van der Waals surface area (Å²) in [5.74, 6) is 3.58. The van der Waals surface area contributed by atoms with E-state index in [1.807, 2.05) is 49.4 Å². The number of hydrogen-bond donors (Lipinski definition) is 2. The predicted molar refractivity (Wildman–Crippen MR) is 124 cm³/mol. The number of likely N-dealkylation sites (tertiary alicyclic amines) is 1. The van der Waals surface area contributed by atoms with Crippen molar-refractivity contribution in [3.05, 3.63) is 54.2 Å². The maximum atomic E-state index is 5.88. The average Bonchev–Trinajstić information content (AvgIpc) is 3.49. The molecule has 3 aromatic rings. The topological polar surface area (TPSA) is 80.8 Å². The molecule has 8 heteroatoms. The van der Waals surface area contributed by atoms with Crippen LogP contribution in [0.4, 0.5) is 23.1 Å². The minimum absolute atomic E-state index is 0.252. The first-order valence-corrected chi connectivity index (χ1v) is 11.0. The van der Waals surface area contributed by atoms with Gasteiger partial charge in [-0.1, -0.05) is 0 Å². The number of rotatable bonds is 8. The minimum Gasteiger partial charge on any atom is -0.492 e. The summed E-state index contributed by atoms with van der Waals surface area (Å²) in [6.07, 6.45) is 4.39. The van der Waals surface area contributed by atoms with Crippen molar-refractivity contribution < 1.29 is 14.2 Å². The van der Waals surface area contributed by atoms with Gasteiger partial charge in [0.25, 0.3) is 0 Å². The molecule has 1 fully saturated rings. The molecule has 2 aromatic carbocycles. The van der Waals surface area contributed by atoms with Crippen molar-refractivity contribution in [2.24, 2.45) is 0 Å². The summed E-state index contributed by atoms with van der Waals surface area (Å²) in [6.45, 7) is 6.29. The van der Waals surface area contributed by atoms with Gasteiger partial charge in [-0.15, -0.1) is 0 Å². The van der Waals surface area contributed by atoms with Crippen LogP contribution in [-0.4, -0.2) is 47.9 Å². The van der Waals surface area contributed by atoms with Gasteiger partial charge in [0.2, 0.25) is 12.7 Å². The lowest BCUT2D eigenvalue weighted by atomic mass is 10.2. The Morgan fingerprint density at radius 3 is 2.59 bits per heavy atom. The van der Waals surface area contributed by atoms with E-state index in [0.29, 0.717) is 12.6 Å². The average molecular weight is 434 g/mol. The SMILES string of the molecule is Cc1cnc(Nc2ccc(OCCN3CCCC3)cc2)nc1Nc1ccc2c(c1)OCO2. The predicted octanol–water partition coefficient (Wildman–Crippen LogP) is 4.48. The van der Waals surface area contributed by atoms with Gasteiger partial charge in [-0.05, 0) is 69.3 Å². The Balaban J connectivity index is 1.19. The van der Waals surface area contributed by atoms with Crippen molar-refractivity contribution >= 4 is 23.1 Å². The molecule has 32 heavy (non-hydrogen) atoms. The lowest BCUT2D eigenvalue weighted by Gasteiger charge is -2.15. The van der Waals surface area contributed by atoms with Crippen LogP contribution >= 0.6 is 0 Å². The molecule has 5 rings (SSSR count). The van der Waals surface area contributed by atoms with Crippen molar-refractivity contribution in [3.63, 3.8) is 0 Å². The van der Waals surface area contributed by atoms with Crippen molar-refractivity contribution in [1.29, 1.82) is 0 Å². The van der Waals surface area contributed by atoms with Crippen LogP contribution in [0.1, 0.15) is 18.4 Å². The molecule has 0 atom stereocenters. The Kier molecular flexibility index (Phi) is 5.93. The van der Waals surface area contributed by atoms with Crippen LogP contribution < -0.4 is 24.8 Å². The highest BCUT2D eigenvalue weighted by molar-refractivity contribution is 5.65. The summed E-state index contributed by atoms with van der Waals surface area (Å²) in [5, 5.41) is 6.59. The molecule has 8 nitrogen and oxygen atoms in total. The minimum atomic E-state index is 0.252. The zero-order valence-corrected chi connectivity index (χ0v) is 18.1. The van der Waals surface area contributed by atoms with Gasteiger partial charge in [-0.2, -0.15) is 4.98 Å². The molecule has 0 saturated carbocycles. The van der Waals surface area contributed by atoms with E-state index in [4.69, 9.17) is 14.2 Å². The lowest BCUT2D eigenvalue weighted by molar-refractivity contribution is 0.174. The molecule has 1 aromatic heterocycles. The summed E-state index contributed by atoms with van der Waals surface area (Å²) >= 11 is 0. The molecule has 2 aliphatic heterocycles. The van der Waals surface area contributed by atoms with E-state index in [0.717, 1.165) is 46.5 Å². The number of aromatic nitrogens is 2. The van der Waals surface area contributed by atoms with E-state index >= 15 is 0 Å². The molecular weight excluding hydrogens is 406 g/mol. The lowest BCUT2D eigenvalue weighted by Crippen LogP contribution is -2.25. The van der Waals surface area contributed by atoms with Crippen LogP contribution in [0.3, 0.4) is 0 Å². The van der Waals surface area contributed by atoms with E-state index in [1.54, 1.807) is 6.20 Å². The number of ether oxygens (including phenoxy) is 3. The van der Waals surface area contributed by atoms with Gasteiger partial charge in [-0.25, -0.2) is 4.98 Å². The second-order valence-corrected chi connectivity index (χ2v) is 7.96. The highest BCUT2D eigenvalue weighted by Gasteiger charge is 2.14. The third kappa shape index (κ3) is 4.86. The van der Waals surface area contributed by atoms with E-state index in [-0.39, 0.29) is 6.79 Å². The van der Waals surface area contributed by atoms with Crippen LogP contribution in [-0.2, 0) is 0 Å². The fourth-order valence-corrected chi connectivity index (χ4v) is 3.80. The first-order chi connectivity index (χ1) is 15.7. The Bertz CT molecular complexity index is 1070. The van der Waals surface area contributed by atoms with Crippen molar-refractivity contribution in [2.75, 3.05) is 43.7 Å². The number of hydrogen-bond acceptors (Lipinski definition) is 8. The van der Waals surface area contributed by atoms with Gasteiger partial charge in [0, 0.05) is 35.7 Å². The molecule has 166 valence electrons. The van der Waals surface area contributed by atoms with Crippen LogP contribution in [0.5, 0.6) is 17.2 Å². The fourth-order valence-electron chi connectivity index (χ4n) is 3.80. The first kappa shape index (κ1) is 20.4. The second-order valence-electron chi connectivity index (χ2n) is 7.96. The molecule has 1 saturated heterocycles. The molecule has 0 spiro atoms. The second kappa shape index (κ2) is 9.32. The number of nitrogens with one attached hydrogen (secondary N) is 2. The highest BCUT2D eigenvalue weighted by atomic mass is 16.7. The van der Waals surface area contributed by atoms with Crippen LogP contribution in [0, 0.1) is 6.92 Å². The summed E-state index contributed by atoms with van der Waals surface area (Å²) in [4.78, 5) is 11.5. The normalized spacial score (nSPS) is 15.0. The molecule has 0 radical (unpaired) electrons. The van der Waals surface area contributed by atoms with E-state index in [9.17, 15) is 0 Å². The number of benzene rings is 2. The molecule has 0 aliphatic carbocycles. The van der Waals surface area contributed by atoms with Crippen molar-refractivity contribution in [1.82, 2.24) is 14.9 Å². The Labute approximate surface area is 187 Å². The van der Waals surface area contributed by atoms with Crippen LogP contribution in [0.25, 0.3) is 0 Å². The third-order valence-electron chi connectivity index (χ3n) is 5.59. The largest absolute Gasteiger partial charge is 0.492 e. The maximum absolute atomic E-state index is 5.88. The van der Waals surface area contributed by atoms with E-state index in [2.05, 4.69) is 25.5 Å². The Morgan fingerprint density at radius 1 is 0.969 bits per heavy atom. The van der Waals surface area contributed by atoms with Gasteiger partial charge in [0.15, 0.2) is 11.5 Å². The number of fused-ring (bicyclic) bond motifs is 1. The first-order valence-electron chi connectivity index (χ1n) is 11.0. The smallest absolute Gasteiger partial charge is 0.231 e. The summed E-state index contributed by atoms with van der Waals surface area (Å²) < 4.78 is 16.7. The van der Waals surface area contributed by atoms with Crippen LogP contribution in [0.15, 0.2) is 48.7 Å².